The summed E-state index contributed by atoms with van der Waals surface area (Å²) in [6, 6.07) is 13.6. The lowest BCUT2D eigenvalue weighted by Gasteiger charge is -2.17. The molecule has 0 spiro atoms. The molecule has 0 unspecified atom stereocenters. The first-order chi connectivity index (χ1) is 15.4. The third-order valence-electron chi connectivity index (χ3n) is 5.26. The van der Waals surface area contributed by atoms with Crippen LogP contribution in [0.2, 0.25) is 0 Å². The lowest BCUT2D eigenvalue weighted by molar-refractivity contribution is -0.384. The maximum Gasteiger partial charge on any atom is 0.293 e. The number of aryl methyl sites for hydroxylation is 2. The van der Waals surface area contributed by atoms with E-state index in [1.165, 1.54) is 6.07 Å². The van der Waals surface area contributed by atoms with E-state index in [-0.39, 0.29) is 11.3 Å². The highest BCUT2D eigenvalue weighted by Crippen LogP contribution is 2.32. The molecule has 0 atom stereocenters. The molecule has 0 aliphatic carbocycles. The Morgan fingerprint density at radius 3 is 2.22 bits per heavy atom. The van der Waals surface area contributed by atoms with E-state index in [2.05, 4.69) is 20.6 Å². The Bertz CT molecular complexity index is 1140. The first kappa shape index (κ1) is 21.2. The minimum absolute atomic E-state index is 0.0486. The SMILES string of the molecule is Cc1cc(C)nc(Nc2ccc(NC(=O)c3ccc(N4CCCC4)c([N+](=O)[O-])c3)cc2)n1. The quantitative estimate of drug-likeness (QED) is 0.432. The third-order valence-corrected chi connectivity index (χ3v) is 5.26. The molecule has 1 aliphatic rings. The van der Waals surface area contributed by atoms with Crippen LogP contribution in [0.25, 0.3) is 0 Å². The third kappa shape index (κ3) is 4.83. The molecule has 1 aromatic heterocycles. The topological polar surface area (TPSA) is 113 Å². The van der Waals surface area contributed by atoms with Gasteiger partial charge in [0.1, 0.15) is 5.69 Å². The van der Waals surface area contributed by atoms with E-state index < -0.39 is 10.8 Å². The molecule has 2 heterocycles. The molecule has 4 rings (SSSR count). The maximum absolute atomic E-state index is 12.7. The van der Waals surface area contributed by atoms with Gasteiger partial charge in [0.15, 0.2) is 0 Å². The summed E-state index contributed by atoms with van der Waals surface area (Å²) in [5.41, 5.74) is 3.85. The van der Waals surface area contributed by atoms with Crippen LogP contribution in [0, 0.1) is 24.0 Å². The van der Waals surface area contributed by atoms with Crippen molar-refractivity contribution < 1.29 is 9.72 Å². The lowest BCUT2D eigenvalue weighted by atomic mass is 10.1. The number of nitro groups is 1. The summed E-state index contributed by atoms with van der Waals surface area (Å²) < 4.78 is 0. The van der Waals surface area contributed by atoms with Crippen molar-refractivity contribution in [3.8, 4) is 0 Å². The number of nitrogens with one attached hydrogen (secondary N) is 2. The second-order valence-corrected chi connectivity index (χ2v) is 7.79. The van der Waals surface area contributed by atoms with Gasteiger partial charge in [0, 0.05) is 47.5 Å². The molecule has 32 heavy (non-hydrogen) atoms. The number of nitrogens with zero attached hydrogens (tertiary/aromatic N) is 4. The Kier molecular flexibility index (Phi) is 5.98. The summed E-state index contributed by atoms with van der Waals surface area (Å²) in [7, 11) is 0. The second-order valence-electron chi connectivity index (χ2n) is 7.79. The van der Waals surface area contributed by atoms with Crippen LogP contribution in [-0.2, 0) is 0 Å². The summed E-state index contributed by atoms with van der Waals surface area (Å²) in [4.78, 5) is 34.5. The summed E-state index contributed by atoms with van der Waals surface area (Å²) in [6.45, 7) is 5.39. The van der Waals surface area contributed by atoms with Crippen LogP contribution in [-0.4, -0.2) is 33.9 Å². The zero-order valence-corrected chi connectivity index (χ0v) is 18.0. The number of carbonyl (C=O) groups is 1. The van der Waals surface area contributed by atoms with Crippen LogP contribution in [0.1, 0.15) is 34.6 Å². The number of hydrogen-bond acceptors (Lipinski definition) is 7. The minimum atomic E-state index is -0.431. The number of hydrogen-bond donors (Lipinski definition) is 2. The van der Waals surface area contributed by atoms with Crippen LogP contribution in [0.5, 0.6) is 0 Å². The van der Waals surface area contributed by atoms with Gasteiger partial charge in [-0.05, 0) is 69.2 Å². The molecular formula is C23H24N6O3. The Morgan fingerprint density at radius 1 is 0.969 bits per heavy atom. The second kappa shape index (κ2) is 9.01. The fourth-order valence-corrected chi connectivity index (χ4v) is 3.79. The van der Waals surface area contributed by atoms with Crippen molar-refractivity contribution in [2.24, 2.45) is 0 Å². The van der Waals surface area contributed by atoms with Crippen LogP contribution in [0.15, 0.2) is 48.5 Å². The van der Waals surface area contributed by atoms with Gasteiger partial charge in [-0.3, -0.25) is 14.9 Å². The molecule has 164 valence electrons. The summed E-state index contributed by atoms with van der Waals surface area (Å²) in [5.74, 6) is 0.101. The summed E-state index contributed by atoms with van der Waals surface area (Å²) in [5, 5.41) is 17.5. The first-order valence-electron chi connectivity index (χ1n) is 10.4. The van der Waals surface area contributed by atoms with Gasteiger partial charge < -0.3 is 15.5 Å². The van der Waals surface area contributed by atoms with Gasteiger partial charge in [0.2, 0.25) is 5.95 Å². The highest BCUT2D eigenvalue weighted by molar-refractivity contribution is 6.05. The summed E-state index contributed by atoms with van der Waals surface area (Å²) in [6.07, 6.45) is 2.03. The largest absolute Gasteiger partial charge is 0.366 e. The van der Waals surface area contributed by atoms with Gasteiger partial charge in [-0.2, -0.15) is 0 Å². The number of amides is 1. The van der Waals surface area contributed by atoms with Crippen LogP contribution >= 0.6 is 0 Å². The van der Waals surface area contributed by atoms with Gasteiger partial charge in [0.25, 0.3) is 11.6 Å². The predicted octanol–water partition coefficient (Wildman–Crippen LogP) is 4.60. The average Bonchev–Trinajstić information content (AvgIpc) is 3.28. The molecule has 0 saturated carbocycles. The predicted molar refractivity (Wildman–Crippen MR) is 124 cm³/mol. The van der Waals surface area contributed by atoms with Crippen molar-refractivity contribution in [2.45, 2.75) is 26.7 Å². The monoisotopic (exact) mass is 432 g/mol. The molecule has 2 aromatic carbocycles. The molecule has 1 saturated heterocycles. The Balaban J connectivity index is 1.46. The highest BCUT2D eigenvalue weighted by atomic mass is 16.6. The summed E-state index contributed by atoms with van der Waals surface area (Å²) >= 11 is 0. The fourth-order valence-electron chi connectivity index (χ4n) is 3.79. The molecule has 0 bridgehead atoms. The van der Waals surface area contributed by atoms with Gasteiger partial charge in [-0.25, -0.2) is 9.97 Å². The van der Waals surface area contributed by atoms with E-state index >= 15 is 0 Å². The van der Waals surface area contributed by atoms with E-state index in [0.29, 0.717) is 17.3 Å². The normalized spacial score (nSPS) is 13.1. The van der Waals surface area contributed by atoms with Crippen LogP contribution in [0.3, 0.4) is 0 Å². The molecule has 1 amide bonds. The minimum Gasteiger partial charge on any atom is -0.366 e. The molecule has 3 aromatic rings. The number of aromatic nitrogens is 2. The maximum atomic E-state index is 12.7. The smallest absolute Gasteiger partial charge is 0.293 e. The van der Waals surface area contributed by atoms with Crippen molar-refractivity contribution in [1.29, 1.82) is 0 Å². The molecule has 9 heteroatoms. The molecule has 1 aliphatic heterocycles. The molecule has 9 nitrogen and oxygen atoms in total. The van der Waals surface area contributed by atoms with Gasteiger partial charge in [0.05, 0.1) is 4.92 Å². The van der Waals surface area contributed by atoms with Crippen LogP contribution < -0.4 is 15.5 Å². The molecular weight excluding hydrogens is 408 g/mol. The first-order valence-corrected chi connectivity index (χ1v) is 10.4. The van der Waals surface area contributed by atoms with Crippen molar-refractivity contribution in [3.05, 3.63) is 75.6 Å². The van der Waals surface area contributed by atoms with E-state index in [0.717, 1.165) is 43.0 Å². The standard InChI is InChI=1S/C23H24N6O3/c1-15-13-16(2)25-23(24-15)27-19-8-6-18(7-9-19)26-22(30)17-5-10-20(21(14-17)29(31)32)28-11-3-4-12-28/h5-10,13-14H,3-4,11-12H2,1-2H3,(H,26,30)(H,24,25,27). The number of nitro benzene ring substituents is 1. The zero-order chi connectivity index (χ0) is 22.7. The average molecular weight is 432 g/mol. The van der Waals surface area contributed by atoms with Crippen molar-refractivity contribution >= 4 is 34.6 Å². The molecule has 1 fully saturated rings. The van der Waals surface area contributed by atoms with Crippen molar-refractivity contribution in [1.82, 2.24) is 9.97 Å². The van der Waals surface area contributed by atoms with E-state index in [1.807, 2.05) is 24.8 Å². The highest BCUT2D eigenvalue weighted by Gasteiger charge is 2.23. The Hall–Kier alpha value is -4.01. The molecule has 2 N–H and O–H groups in total. The molecule has 0 radical (unpaired) electrons. The van der Waals surface area contributed by atoms with Gasteiger partial charge in [-0.1, -0.05) is 0 Å². The zero-order valence-electron chi connectivity index (χ0n) is 18.0. The number of anilines is 4. The number of rotatable bonds is 6. The van der Waals surface area contributed by atoms with E-state index in [1.54, 1.807) is 36.4 Å². The van der Waals surface area contributed by atoms with Crippen molar-refractivity contribution in [2.75, 3.05) is 28.6 Å². The Labute approximate surface area is 185 Å². The fraction of sp³-hybridized carbons (Fsp3) is 0.261. The number of carbonyl (C=O) groups excluding carboxylic acids is 1. The van der Waals surface area contributed by atoms with Gasteiger partial charge in [-0.15, -0.1) is 0 Å². The van der Waals surface area contributed by atoms with Gasteiger partial charge >= 0.3 is 0 Å². The Morgan fingerprint density at radius 2 is 1.59 bits per heavy atom. The van der Waals surface area contributed by atoms with E-state index in [4.69, 9.17) is 0 Å². The van der Waals surface area contributed by atoms with Crippen molar-refractivity contribution in [3.63, 3.8) is 0 Å². The lowest BCUT2D eigenvalue weighted by Crippen LogP contribution is -2.19. The van der Waals surface area contributed by atoms with E-state index in [9.17, 15) is 14.9 Å². The van der Waals surface area contributed by atoms with Crippen LogP contribution in [0.4, 0.5) is 28.7 Å². The number of benzene rings is 2.